The summed E-state index contributed by atoms with van der Waals surface area (Å²) in [5, 5.41) is 2.82. The zero-order valence-electron chi connectivity index (χ0n) is 15.1. The van der Waals surface area contributed by atoms with E-state index in [2.05, 4.69) is 11.4 Å². The van der Waals surface area contributed by atoms with Gasteiger partial charge in [-0.25, -0.2) is 9.18 Å². The second-order valence-electron chi connectivity index (χ2n) is 6.97. The van der Waals surface area contributed by atoms with Gasteiger partial charge in [-0.3, -0.25) is 4.79 Å². The number of halogens is 1. The highest BCUT2D eigenvalue weighted by atomic mass is 19.1. The molecule has 0 bridgehead atoms. The minimum Gasteiger partial charge on any atom is -0.337 e. The van der Waals surface area contributed by atoms with Crippen LogP contribution in [-0.2, 0) is 24.2 Å². The second-order valence-corrected chi connectivity index (χ2v) is 6.97. The Bertz CT molecular complexity index is 883. The molecule has 5 nitrogen and oxygen atoms in total. The van der Waals surface area contributed by atoms with Crippen molar-refractivity contribution in [1.29, 1.82) is 0 Å². The smallest absolute Gasteiger partial charge is 0.317 e. The molecule has 3 amide bonds. The molecule has 0 saturated carbocycles. The molecule has 140 valence electrons. The molecule has 0 radical (unpaired) electrons. The van der Waals surface area contributed by atoms with E-state index in [1.165, 1.54) is 22.1 Å². The van der Waals surface area contributed by atoms with Crippen molar-refractivity contribution >= 4 is 17.6 Å². The molecule has 2 aliphatic rings. The highest BCUT2D eigenvalue weighted by Gasteiger charge is 2.27. The van der Waals surface area contributed by atoms with Gasteiger partial charge < -0.3 is 15.1 Å². The number of rotatable bonds is 3. The predicted molar refractivity (Wildman–Crippen MR) is 101 cm³/mol. The Labute approximate surface area is 157 Å². The summed E-state index contributed by atoms with van der Waals surface area (Å²) in [5.74, 6) is -0.530. The van der Waals surface area contributed by atoms with Crippen LogP contribution in [0.15, 0.2) is 42.5 Å². The van der Waals surface area contributed by atoms with Crippen LogP contribution in [0.4, 0.5) is 14.9 Å². The number of anilines is 1. The SMILES string of the molecule is O=C(NCCC(=O)N1CCc2cccc(F)c21)N1CCc2ccccc2C1. The molecule has 2 aliphatic heterocycles. The van der Waals surface area contributed by atoms with Crippen molar-refractivity contribution < 1.29 is 14.0 Å². The van der Waals surface area contributed by atoms with E-state index in [1.54, 1.807) is 11.0 Å². The fraction of sp³-hybridized carbons (Fsp3) is 0.333. The first kappa shape index (κ1) is 17.5. The van der Waals surface area contributed by atoms with Crippen LogP contribution in [-0.4, -0.2) is 36.5 Å². The molecule has 2 heterocycles. The van der Waals surface area contributed by atoms with E-state index in [1.807, 2.05) is 24.3 Å². The predicted octanol–water partition coefficient (Wildman–Crippen LogP) is 2.87. The molecule has 2 aromatic carbocycles. The quantitative estimate of drug-likeness (QED) is 0.907. The van der Waals surface area contributed by atoms with Gasteiger partial charge in [0.1, 0.15) is 5.82 Å². The van der Waals surface area contributed by atoms with Crippen LogP contribution in [0.2, 0.25) is 0 Å². The largest absolute Gasteiger partial charge is 0.337 e. The summed E-state index contributed by atoms with van der Waals surface area (Å²) in [6.45, 7) is 1.99. The van der Waals surface area contributed by atoms with Gasteiger partial charge in [0.2, 0.25) is 5.91 Å². The summed E-state index contributed by atoms with van der Waals surface area (Å²) < 4.78 is 14.0. The molecule has 0 saturated heterocycles. The Hall–Kier alpha value is -2.89. The number of carbonyl (C=O) groups is 2. The number of amides is 3. The van der Waals surface area contributed by atoms with Crippen molar-refractivity contribution in [2.45, 2.75) is 25.8 Å². The Morgan fingerprint density at radius 1 is 0.963 bits per heavy atom. The third kappa shape index (κ3) is 3.52. The average molecular weight is 367 g/mol. The van der Waals surface area contributed by atoms with Crippen molar-refractivity contribution in [2.75, 3.05) is 24.5 Å². The first-order valence-corrected chi connectivity index (χ1v) is 9.31. The molecule has 2 aromatic rings. The van der Waals surface area contributed by atoms with Crippen molar-refractivity contribution in [2.24, 2.45) is 0 Å². The van der Waals surface area contributed by atoms with Crippen LogP contribution in [0.25, 0.3) is 0 Å². The van der Waals surface area contributed by atoms with Crippen LogP contribution in [0.1, 0.15) is 23.1 Å². The van der Waals surface area contributed by atoms with Gasteiger partial charge in [0, 0.05) is 32.6 Å². The van der Waals surface area contributed by atoms with Gasteiger partial charge in [0.15, 0.2) is 0 Å². The van der Waals surface area contributed by atoms with E-state index in [0.717, 1.165) is 12.0 Å². The van der Waals surface area contributed by atoms with E-state index in [0.29, 0.717) is 31.7 Å². The summed E-state index contributed by atoms with van der Waals surface area (Å²) in [6, 6.07) is 12.9. The summed E-state index contributed by atoms with van der Waals surface area (Å²) in [5.41, 5.74) is 3.70. The zero-order chi connectivity index (χ0) is 18.8. The lowest BCUT2D eigenvalue weighted by atomic mass is 10.0. The third-order valence-corrected chi connectivity index (χ3v) is 5.28. The number of carbonyl (C=O) groups excluding carboxylic acids is 2. The molecule has 0 aliphatic carbocycles. The lowest BCUT2D eigenvalue weighted by molar-refractivity contribution is -0.118. The van der Waals surface area contributed by atoms with E-state index in [4.69, 9.17) is 0 Å². The topological polar surface area (TPSA) is 52.7 Å². The zero-order valence-corrected chi connectivity index (χ0v) is 15.1. The van der Waals surface area contributed by atoms with Crippen molar-refractivity contribution in [3.63, 3.8) is 0 Å². The maximum absolute atomic E-state index is 14.0. The lowest BCUT2D eigenvalue weighted by Crippen LogP contribution is -2.44. The number of hydrogen-bond donors (Lipinski definition) is 1. The third-order valence-electron chi connectivity index (χ3n) is 5.28. The fourth-order valence-electron chi connectivity index (χ4n) is 3.85. The lowest BCUT2D eigenvalue weighted by Gasteiger charge is -2.29. The minimum atomic E-state index is -0.366. The van der Waals surface area contributed by atoms with E-state index in [-0.39, 0.29) is 30.7 Å². The number of urea groups is 1. The maximum atomic E-state index is 14.0. The van der Waals surface area contributed by atoms with E-state index in [9.17, 15) is 14.0 Å². The fourth-order valence-corrected chi connectivity index (χ4v) is 3.85. The monoisotopic (exact) mass is 367 g/mol. The van der Waals surface area contributed by atoms with Crippen molar-refractivity contribution in [3.05, 3.63) is 65.0 Å². The first-order valence-electron chi connectivity index (χ1n) is 9.31. The van der Waals surface area contributed by atoms with Gasteiger partial charge in [-0.15, -0.1) is 0 Å². The number of nitrogens with zero attached hydrogens (tertiary/aromatic N) is 2. The molecule has 1 N–H and O–H groups in total. The Morgan fingerprint density at radius 2 is 1.70 bits per heavy atom. The van der Waals surface area contributed by atoms with Crippen molar-refractivity contribution in [1.82, 2.24) is 10.2 Å². The highest BCUT2D eigenvalue weighted by molar-refractivity contribution is 5.95. The molecule has 0 aromatic heterocycles. The van der Waals surface area contributed by atoms with Crippen molar-refractivity contribution in [3.8, 4) is 0 Å². The maximum Gasteiger partial charge on any atom is 0.317 e. The van der Waals surface area contributed by atoms with Crippen LogP contribution >= 0.6 is 0 Å². The average Bonchev–Trinajstić information content (AvgIpc) is 3.13. The summed E-state index contributed by atoms with van der Waals surface area (Å²) in [7, 11) is 0. The normalized spacial score (nSPS) is 15.3. The van der Waals surface area contributed by atoms with Crippen LogP contribution in [0, 0.1) is 5.82 Å². The Kier molecular flexibility index (Phi) is 4.79. The number of fused-ring (bicyclic) bond motifs is 2. The number of nitrogens with one attached hydrogen (secondary N) is 1. The standard InChI is InChI=1S/C21H22FN3O2/c22-18-7-3-6-16-10-13-25(20(16)18)19(26)8-11-23-21(27)24-12-9-15-4-1-2-5-17(15)14-24/h1-7H,8-14H2,(H,23,27). The number of benzene rings is 2. The molecule has 0 fully saturated rings. The summed E-state index contributed by atoms with van der Waals surface area (Å²) in [6.07, 6.45) is 1.66. The highest BCUT2D eigenvalue weighted by Crippen LogP contribution is 2.31. The van der Waals surface area contributed by atoms with Gasteiger partial charge in [-0.05, 0) is 35.6 Å². The van der Waals surface area contributed by atoms with Gasteiger partial charge in [-0.1, -0.05) is 36.4 Å². The molecule has 4 rings (SSSR count). The molecular weight excluding hydrogens is 345 g/mol. The van der Waals surface area contributed by atoms with E-state index >= 15 is 0 Å². The van der Waals surface area contributed by atoms with Gasteiger partial charge in [0.05, 0.1) is 5.69 Å². The molecule has 0 atom stereocenters. The molecule has 6 heteroatoms. The van der Waals surface area contributed by atoms with Gasteiger partial charge in [0.25, 0.3) is 0 Å². The minimum absolute atomic E-state index is 0.157. The van der Waals surface area contributed by atoms with E-state index < -0.39 is 0 Å². The molecular formula is C21H22FN3O2. The molecule has 27 heavy (non-hydrogen) atoms. The Balaban J connectivity index is 1.30. The van der Waals surface area contributed by atoms with Crippen LogP contribution < -0.4 is 10.2 Å². The van der Waals surface area contributed by atoms with Crippen LogP contribution in [0.5, 0.6) is 0 Å². The van der Waals surface area contributed by atoms with Gasteiger partial charge in [-0.2, -0.15) is 0 Å². The van der Waals surface area contributed by atoms with Gasteiger partial charge >= 0.3 is 6.03 Å². The number of para-hydroxylation sites is 1. The summed E-state index contributed by atoms with van der Waals surface area (Å²) >= 11 is 0. The second kappa shape index (κ2) is 7.39. The summed E-state index contributed by atoms with van der Waals surface area (Å²) in [4.78, 5) is 28.1. The first-order chi connectivity index (χ1) is 13.1. The Morgan fingerprint density at radius 3 is 2.56 bits per heavy atom. The number of hydrogen-bond acceptors (Lipinski definition) is 2. The molecule has 0 unspecified atom stereocenters. The molecule has 0 spiro atoms. The van der Waals surface area contributed by atoms with Crippen LogP contribution in [0.3, 0.4) is 0 Å².